The molecule has 1 unspecified atom stereocenters. The van der Waals surface area contributed by atoms with Gasteiger partial charge in [0.15, 0.2) is 10.8 Å². The summed E-state index contributed by atoms with van der Waals surface area (Å²) in [4.78, 5) is 5.93. The van der Waals surface area contributed by atoms with Gasteiger partial charge in [0, 0.05) is 10.9 Å². The zero-order valence-corrected chi connectivity index (χ0v) is 9.09. The number of hydrogen-bond donors (Lipinski definition) is 1. The van der Waals surface area contributed by atoms with E-state index in [0.29, 0.717) is 6.04 Å². The number of hydrogen-bond acceptors (Lipinski definition) is 4. The molecule has 0 amide bonds. The van der Waals surface area contributed by atoms with E-state index in [0.717, 1.165) is 30.0 Å². The van der Waals surface area contributed by atoms with Crippen LogP contribution >= 0.6 is 11.3 Å². The van der Waals surface area contributed by atoms with E-state index in [1.54, 1.807) is 17.6 Å². The minimum Gasteiger partial charge on any atom is -0.462 e. The molecule has 2 heterocycles. The average Bonchev–Trinajstić information content (AvgIpc) is 2.84. The Kier molecular flexibility index (Phi) is 2.11. The van der Waals surface area contributed by atoms with Crippen molar-refractivity contribution in [3.8, 4) is 10.8 Å². The summed E-state index contributed by atoms with van der Waals surface area (Å²) in [5.74, 6) is 0.864. The highest BCUT2D eigenvalue weighted by Crippen LogP contribution is 2.32. The van der Waals surface area contributed by atoms with Gasteiger partial charge in [0.2, 0.25) is 0 Å². The SMILES string of the molecule is NC1CCc2nc(-c3ccco3)sc2C1. The van der Waals surface area contributed by atoms with Gasteiger partial charge in [-0.25, -0.2) is 4.98 Å². The molecule has 2 aromatic heterocycles. The second-order valence-electron chi connectivity index (χ2n) is 3.87. The van der Waals surface area contributed by atoms with Crippen molar-refractivity contribution in [2.75, 3.05) is 0 Å². The van der Waals surface area contributed by atoms with Crippen molar-refractivity contribution in [3.05, 3.63) is 29.0 Å². The van der Waals surface area contributed by atoms with E-state index >= 15 is 0 Å². The highest BCUT2D eigenvalue weighted by Gasteiger charge is 2.21. The first kappa shape index (κ1) is 9.12. The number of nitrogens with zero attached hydrogens (tertiary/aromatic N) is 1. The first-order valence-electron chi connectivity index (χ1n) is 5.11. The fourth-order valence-electron chi connectivity index (χ4n) is 1.91. The largest absolute Gasteiger partial charge is 0.462 e. The van der Waals surface area contributed by atoms with Gasteiger partial charge in [-0.2, -0.15) is 0 Å². The molecule has 0 aromatic carbocycles. The Morgan fingerprint density at radius 3 is 3.27 bits per heavy atom. The maximum absolute atomic E-state index is 5.93. The summed E-state index contributed by atoms with van der Waals surface area (Å²) in [6.07, 6.45) is 4.71. The third-order valence-electron chi connectivity index (χ3n) is 2.71. The fourth-order valence-corrected chi connectivity index (χ4v) is 3.08. The molecule has 2 N–H and O–H groups in total. The lowest BCUT2D eigenvalue weighted by molar-refractivity contribution is 0.572. The molecule has 3 nitrogen and oxygen atoms in total. The Hall–Kier alpha value is -1.13. The Bertz CT molecular complexity index is 461. The Morgan fingerprint density at radius 1 is 1.53 bits per heavy atom. The van der Waals surface area contributed by atoms with Crippen molar-refractivity contribution >= 4 is 11.3 Å². The summed E-state index contributed by atoms with van der Waals surface area (Å²) in [7, 11) is 0. The van der Waals surface area contributed by atoms with Crippen molar-refractivity contribution in [1.29, 1.82) is 0 Å². The van der Waals surface area contributed by atoms with Crippen LogP contribution in [-0.2, 0) is 12.8 Å². The quantitative estimate of drug-likeness (QED) is 0.801. The number of aryl methyl sites for hydroxylation is 1. The van der Waals surface area contributed by atoms with Crippen molar-refractivity contribution in [3.63, 3.8) is 0 Å². The molecular weight excluding hydrogens is 208 g/mol. The van der Waals surface area contributed by atoms with Gasteiger partial charge in [-0.05, 0) is 31.4 Å². The van der Waals surface area contributed by atoms with Gasteiger partial charge in [-0.3, -0.25) is 0 Å². The van der Waals surface area contributed by atoms with Crippen LogP contribution in [0.25, 0.3) is 10.8 Å². The third-order valence-corrected chi connectivity index (χ3v) is 3.84. The minimum atomic E-state index is 0.308. The average molecular weight is 220 g/mol. The molecule has 15 heavy (non-hydrogen) atoms. The molecule has 2 aromatic rings. The van der Waals surface area contributed by atoms with Crippen molar-refractivity contribution in [2.24, 2.45) is 5.73 Å². The summed E-state index contributed by atoms with van der Waals surface area (Å²) in [6.45, 7) is 0. The Morgan fingerprint density at radius 2 is 2.47 bits per heavy atom. The van der Waals surface area contributed by atoms with Gasteiger partial charge in [-0.1, -0.05) is 0 Å². The molecular formula is C11H12N2OS. The van der Waals surface area contributed by atoms with Gasteiger partial charge in [0.25, 0.3) is 0 Å². The van der Waals surface area contributed by atoms with Gasteiger partial charge in [-0.15, -0.1) is 11.3 Å². The predicted molar refractivity (Wildman–Crippen MR) is 59.8 cm³/mol. The van der Waals surface area contributed by atoms with Crippen molar-refractivity contribution in [1.82, 2.24) is 4.98 Å². The second-order valence-corrected chi connectivity index (χ2v) is 4.95. The lowest BCUT2D eigenvalue weighted by Gasteiger charge is -2.15. The Labute approximate surface area is 91.9 Å². The van der Waals surface area contributed by atoms with Crippen LogP contribution in [-0.4, -0.2) is 11.0 Å². The summed E-state index contributed by atoms with van der Waals surface area (Å²) in [6, 6.07) is 4.15. The molecule has 1 aliphatic rings. The monoisotopic (exact) mass is 220 g/mol. The fraction of sp³-hybridized carbons (Fsp3) is 0.364. The lowest BCUT2D eigenvalue weighted by atomic mass is 9.99. The van der Waals surface area contributed by atoms with Gasteiger partial charge in [0.05, 0.1) is 12.0 Å². The van der Waals surface area contributed by atoms with Crippen LogP contribution < -0.4 is 5.73 Å². The van der Waals surface area contributed by atoms with Crippen LogP contribution in [0.1, 0.15) is 17.0 Å². The number of thiazole rings is 1. The van der Waals surface area contributed by atoms with E-state index in [4.69, 9.17) is 10.2 Å². The van der Waals surface area contributed by atoms with E-state index in [1.807, 2.05) is 12.1 Å². The first-order valence-corrected chi connectivity index (χ1v) is 5.92. The molecule has 4 heteroatoms. The molecule has 0 aliphatic heterocycles. The zero-order valence-electron chi connectivity index (χ0n) is 8.27. The Balaban J connectivity index is 2.00. The summed E-state index contributed by atoms with van der Waals surface area (Å²) in [5.41, 5.74) is 7.15. The molecule has 78 valence electrons. The maximum Gasteiger partial charge on any atom is 0.162 e. The standard InChI is InChI=1S/C11H12N2OS/c12-7-3-4-8-10(6-7)15-11(13-8)9-2-1-5-14-9/h1-2,5,7H,3-4,6,12H2. The summed E-state index contributed by atoms with van der Waals surface area (Å²) >= 11 is 1.71. The lowest BCUT2D eigenvalue weighted by Crippen LogP contribution is -2.26. The number of rotatable bonds is 1. The molecule has 3 rings (SSSR count). The maximum atomic E-state index is 5.93. The summed E-state index contributed by atoms with van der Waals surface area (Å²) < 4.78 is 5.34. The number of nitrogens with two attached hydrogens (primary N) is 1. The summed E-state index contributed by atoms with van der Waals surface area (Å²) in [5, 5.41) is 0.985. The number of aromatic nitrogens is 1. The molecule has 1 atom stereocenters. The van der Waals surface area contributed by atoms with Gasteiger partial charge >= 0.3 is 0 Å². The topological polar surface area (TPSA) is 52.0 Å². The van der Waals surface area contributed by atoms with Crippen molar-refractivity contribution < 1.29 is 4.42 Å². The molecule has 0 saturated carbocycles. The number of fused-ring (bicyclic) bond motifs is 1. The zero-order chi connectivity index (χ0) is 10.3. The second kappa shape index (κ2) is 3.47. The molecule has 1 aliphatic carbocycles. The highest BCUT2D eigenvalue weighted by atomic mass is 32.1. The third kappa shape index (κ3) is 1.60. The van der Waals surface area contributed by atoms with E-state index in [-0.39, 0.29) is 0 Å². The van der Waals surface area contributed by atoms with Crippen LogP contribution in [0.2, 0.25) is 0 Å². The van der Waals surface area contributed by atoms with E-state index < -0.39 is 0 Å². The molecule has 0 bridgehead atoms. The van der Waals surface area contributed by atoms with Crippen LogP contribution in [0.4, 0.5) is 0 Å². The first-order chi connectivity index (χ1) is 7.33. The highest BCUT2D eigenvalue weighted by molar-refractivity contribution is 7.15. The van der Waals surface area contributed by atoms with Gasteiger partial charge < -0.3 is 10.2 Å². The smallest absolute Gasteiger partial charge is 0.162 e. The van der Waals surface area contributed by atoms with E-state index in [1.165, 1.54) is 10.6 Å². The van der Waals surface area contributed by atoms with Crippen LogP contribution in [0, 0.1) is 0 Å². The molecule has 0 spiro atoms. The van der Waals surface area contributed by atoms with Crippen LogP contribution in [0.3, 0.4) is 0 Å². The predicted octanol–water partition coefficient (Wildman–Crippen LogP) is 2.22. The molecule has 0 radical (unpaired) electrons. The van der Waals surface area contributed by atoms with Gasteiger partial charge in [0.1, 0.15) is 0 Å². The van der Waals surface area contributed by atoms with Crippen LogP contribution in [0.15, 0.2) is 22.8 Å². The van der Waals surface area contributed by atoms with E-state index in [9.17, 15) is 0 Å². The van der Waals surface area contributed by atoms with Crippen LogP contribution in [0.5, 0.6) is 0 Å². The number of furan rings is 1. The minimum absolute atomic E-state index is 0.308. The molecule has 0 fully saturated rings. The van der Waals surface area contributed by atoms with Crippen molar-refractivity contribution in [2.45, 2.75) is 25.3 Å². The van der Waals surface area contributed by atoms with E-state index in [2.05, 4.69) is 4.98 Å². The normalized spacial score (nSPS) is 20.2. The molecule has 0 saturated heterocycles.